The molecule has 284 valence electrons. The molecule has 0 fully saturated rings. The molecule has 0 radical (unpaired) electrons. The number of rotatable bonds is 5. The highest BCUT2D eigenvalue weighted by Gasteiger charge is 2.51. The molecule has 0 saturated carbocycles. The smallest absolute Gasteiger partial charge is 0.0782 e. The van der Waals surface area contributed by atoms with Gasteiger partial charge in [0.2, 0.25) is 0 Å². The summed E-state index contributed by atoms with van der Waals surface area (Å²) in [5, 5.41) is 4.90. The molecule has 0 bridgehead atoms. The van der Waals surface area contributed by atoms with Crippen molar-refractivity contribution in [2.24, 2.45) is 0 Å². The first-order valence-corrected chi connectivity index (χ1v) is 21.2. The Labute approximate surface area is 354 Å². The second kappa shape index (κ2) is 13.0. The third kappa shape index (κ3) is 4.79. The molecule has 2 nitrogen and oxygen atoms in total. The lowest BCUT2D eigenvalue weighted by Gasteiger charge is -2.32. The predicted molar refractivity (Wildman–Crippen MR) is 255 cm³/mol. The first kappa shape index (κ1) is 34.0. The second-order valence-electron chi connectivity index (χ2n) is 16.4. The number of aromatic nitrogens is 1. The molecule has 2 aliphatic rings. The van der Waals surface area contributed by atoms with E-state index in [2.05, 4.69) is 240 Å². The van der Waals surface area contributed by atoms with Crippen molar-refractivity contribution >= 4 is 49.6 Å². The van der Waals surface area contributed by atoms with Gasteiger partial charge < -0.3 is 9.47 Å². The number of hydrogen-bond acceptors (Lipinski definition) is 1. The third-order valence-corrected chi connectivity index (χ3v) is 13.4. The summed E-state index contributed by atoms with van der Waals surface area (Å²) in [5.41, 5.74) is 19.3. The van der Waals surface area contributed by atoms with E-state index in [1.54, 1.807) is 0 Å². The topological polar surface area (TPSA) is 8.17 Å². The van der Waals surface area contributed by atoms with Crippen molar-refractivity contribution in [1.82, 2.24) is 4.57 Å². The summed E-state index contributed by atoms with van der Waals surface area (Å²) in [6, 6.07) is 85.4. The summed E-state index contributed by atoms with van der Waals surface area (Å²) in [6.07, 6.45) is 0. The van der Waals surface area contributed by atoms with E-state index in [1.165, 1.54) is 88.2 Å². The van der Waals surface area contributed by atoms with Crippen LogP contribution in [0.4, 0.5) is 17.1 Å². The lowest BCUT2D eigenvalue weighted by atomic mass is 9.70. The quantitative estimate of drug-likeness (QED) is 0.169. The lowest BCUT2D eigenvalue weighted by Crippen LogP contribution is -2.26. The van der Waals surface area contributed by atoms with E-state index in [0.717, 1.165) is 22.7 Å². The summed E-state index contributed by atoms with van der Waals surface area (Å²) in [6.45, 7) is 0. The molecular formula is C59H38N2. The highest BCUT2D eigenvalue weighted by atomic mass is 15.2. The van der Waals surface area contributed by atoms with Crippen molar-refractivity contribution in [2.45, 2.75) is 5.41 Å². The van der Waals surface area contributed by atoms with Crippen LogP contribution >= 0.6 is 0 Å². The Kier molecular flexibility index (Phi) is 7.26. The van der Waals surface area contributed by atoms with Crippen molar-refractivity contribution in [1.29, 1.82) is 0 Å². The Balaban J connectivity index is 1.13. The average Bonchev–Trinajstić information content (AvgIpc) is 3.94. The molecule has 2 heteroatoms. The van der Waals surface area contributed by atoms with Gasteiger partial charge in [-0.25, -0.2) is 0 Å². The van der Waals surface area contributed by atoms with Crippen LogP contribution in [0.15, 0.2) is 231 Å². The van der Waals surface area contributed by atoms with E-state index in [1.807, 2.05) is 0 Å². The minimum atomic E-state index is -0.460. The number of benzene rings is 10. The fourth-order valence-corrected chi connectivity index (χ4v) is 10.9. The molecule has 10 aromatic carbocycles. The fraction of sp³-hybridized carbons (Fsp3) is 0.0169. The molecule has 2 aliphatic carbocycles. The predicted octanol–water partition coefficient (Wildman–Crippen LogP) is 15.4. The summed E-state index contributed by atoms with van der Waals surface area (Å²) in [7, 11) is 0. The zero-order chi connectivity index (χ0) is 40.1. The van der Waals surface area contributed by atoms with Gasteiger partial charge in [0.05, 0.1) is 22.1 Å². The van der Waals surface area contributed by atoms with E-state index in [0.29, 0.717) is 0 Å². The molecule has 0 unspecified atom stereocenters. The third-order valence-electron chi connectivity index (χ3n) is 13.4. The van der Waals surface area contributed by atoms with Gasteiger partial charge in [-0.3, -0.25) is 0 Å². The standard InChI is InChI=1S/C59H38N2/c1-2-16-39(17-3-1)42-20-14-21-43(36-42)60(57-31-15-26-51-50-25-9-13-30-56(50)61(58(51)57)44-33-32-40-18-4-5-19-41(40)37-44)45-34-35-49-48-24-8-12-29-54(48)59(55(49)38-45)52-27-10-6-22-46(52)47-23-7-11-28-53(47)59/h1-38H. The number of anilines is 3. The van der Waals surface area contributed by atoms with Crippen LogP contribution in [0.2, 0.25) is 0 Å². The molecule has 13 rings (SSSR count). The molecule has 61 heavy (non-hydrogen) atoms. The van der Waals surface area contributed by atoms with Crippen LogP contribution in [0, 0.1) is 0 Å². The fourth-order valence-electron chi connectivity index (χ4n) is 10.9. The van der Waals surface area contributed by atoms with Crippen molar-refractivity contribution in [3.63, 3.8) is 0 Å². The van der Waals surface area contributed by atoms with Crippen LogP contribution in [0.5, 0.6) is 0 Å². The molecule has 11 aromatic rings. The van der Waals surface area contributed by atoms with Gasteiger partial charge in [0.15, 0.2) is 0 Å². The molecule has 0 atom stereocenters. The number of hydrogen-bond donors (Lipinski definition) is 0. The maximum atomic E-state index is 2.51. The van der Waals surface area contributed by atoms with Gasteiger partial charge in [0.25, 0.3) is 0 Å². The van der Waals surface area contributed by atoms with Crippen molar-refractivity contribution in [3.8, 4) is 39.1 Å². The molecular weight excluding hydrogens is 737 g/mol. The molecule has 1 aromatic heterocycles. The highest BCUT2D eigenvalue weighted by Crippen LogP contribution is 2.63. The van der Waals surface area contributed by atoms with E-state index in [4.69, 9.17) is 0 Å². The monoisotopic (exact) mass is 774 g/mol. The molecule has 1 spiro atoms. The normalized spacial score (nSPS) is 13.0. The highest BCUT2D eigenvalue weighted by molar-refractivity contribution is 6.15. The summed E-state index contributed by atoms with van der Waals surface area (Å²) >= 11 is 0. The van der Waals surface area contributed by atoms with Gasteiger partial charge >= 0.3 is 0 Å². The molecule has 0 N–H and O–H groups in total. The minimum Gasteiger partial charge on any atom is -0.308 e. The number of nitrogens with zero attached hydrogens (tertiary/aromatic N) is 2. The van der Waals surface area contributed by atoms with Crippen LogP contribution in [-0.4, -0.2) is 4.57 Å². The average molecular weight is 775 g/mol. The molecule has 0 saturated heterocycles. The van der Waals surface area contributed by atoms with E-state index >= 15 is 0 Å². The zero-order valence-electron chi connectivity index (χ0n) is 33.3. The van der Waals surface area contributed by atoms with Crippen LogP contribution < -0.4 is 4.90 Å². The van der Waals surface area contributed by atoms with Gasteiger partial charge in [-0.1, -0.05) is 182 Å². The van der Waals surface area contributed by atoms with Gasteiger partial charge in [-0.05, 0) is 115 Å². The minimum absolute atomic E-state index is 0.460. The summed E-state index contributed by atoms with van der Waals surface area (Å²) in [5.74, 6) is 0. The largest absolute Gasteiger partial charge is 0.308 e. The maximum absolute atomic E-state index is 2.51. The molecule has 1 heterocycles. The summed E-state index contributed by atoms with van der Waals surface area (Å²) < 4.78 is 2.48. The van der Waals surface area contributed by atoms with Gasteiger partial charge in [-0.15, -0.1) is 0 Å². The van der Waals surface area contributed by atoms with Crippen molar-refractivity contribution in [3.05, 3.63) is 253 Å². The van der Waals surface area contributed by atoms with Crippen LogP contribution in [0.3, 0.4) is 0 Å². The summed E-state index contributed by atoms with van der Waals surface area (Å²) in [4.78, 5) is 2.51. The zero-order valence-corrected chi connectivity index (χ0v) is 33.3. The maximum Gasteiger partial charge on any atom is 0.0782 e. The van der Waals surface area contributed by atoms with E-state index < -0.39 is 5.41 Å². The first-order chi connectivity index (χ1) is 30.3. The van der Waals surface area contributed by atoms with E-state index in [-0.39, 0.29) is 0 Å². The first-order valence-electron chi connectivity index (χ1n) is 21.2. The molecule has 0 aliphatic heterocycles. The Morgan fingerprint density at radius 1 is 0.344 bits per heavy atom. The van der Waals surface area contributed by atoms with E-state index in [9.17, 15) is 0 Å². The number of fused-ring (bicyclic) bond motifs is 14. The Bertz CT molecular complexity index is 3490. The second-order valence-corrected chi connectivity index (χ2v) is 16.4. The molecule has 0 amide bonds. The van der Waals surface area contributed by atoms with Crippen LogP contribution in [0.1, 0.15) is 22.3 Å². The van der Waals surface area contributed by atoms with Crippen molar-refractivity contribution < 1.29 is 0 Å². The SMILES string of the molecule is c1ccc(-c2cccc(N(c3ccc4c(c3)C3(c5ccccc5-c5ccccc53)c3ccccc3-4)c3cccc4c5ccccc5n(-c5ccc6ccccc6c5)c34)c2)cc1. The van der Waals surface area contributed by atoms with Gasteiger partial charge in [0.1, 0.15) is 0 Å². The lowest BCUT2D eigenvalue weighted by molar-refractivity contribution is 0.793. The Hall–Kier alpha value is -7.94. The van der Waals surface area contributed by atoms with Gasteiger partial charge in [0, 0.05) is 27.8 Å². The van der Waals surface area contributed by atoms with Crippen LogP contribution in [-0.2, 0) is 5.41 Å². The number of para-hydroxylation sites is 2. The van der Waals surface area contributed by atoms with Gasteiger partial charge in [-0.2, -0.15) is 0 Å². The Morgan fingerprint density at radius 3 is 1.67 bits per heavy atom. The Morgan fingerprint density at radius 2 is 0.918 bits per heavy atom. The van der Waals surface area contributed by atoms with Crippen molar-refractivity contribution in [2.75, 3.05) is 4.90 Å². The van der Waals surface area contributed by atoms with Crippen LogP contribution in [0.25, 0.3) is 71.6 Å².